The summed E-state index contributed by atoms with van der Waals surface area (Å²) in [6, 6.07) is 10.1. The number of aromatic carboxylic acids is 1. The topological polar surface area (TPSA) is 75.3 Å². The van der Waals surface area contributed by atoms with E-state index in [1.165, 1.54) is 0 Å². The molecule has 104 valence electrons. The van der Waals surface area contributed by atoms with Crippen LogP contribution in [0.25, 0.3) is 0 Å². The quantitative estimate of drug-likeness (QED) is 0.749. The minimum atomic E-state index is -1.33. The van der Waals surface area contributed by atoms with E-state index in [1.54, 1.807) is 0 Å². The van der Waals surface area contributed by atoms with Crippen LogP contribution in [0.2, 0.25) is 0 Å². The lowest BCUT2D eigenvalue weighted by molar-refractivity contribution is 0.0692. The molecule has 0 heterocycles. The van der Waals surface area contributed by atoms with Gasteiger partial charge in [0.05, 0.1) is 16.9 Å². The van der Waals surface area contributed by atoms with E-state index in [0.717, 1.165) is 23.3 Å². The minimum absolute atomic E-state index is 0.205. The minimum Gasteiger partial charge on any atom is -0.478 e. The number of hydrogen-bond acceptors (Lipinski definition) is 3. The van der Waals surface area contributed by atoms with Crippen molar-refractivity contribution in [1.29, 1.82) is 0 Å². The molecular weight excluding hydrogens is 259 g/mol. The number of nitrogens with one attached hydrogen (secondary N) is 1. The zero-order valence-corrected chi connectivity index (χ0v) is 11.0. The molecule has 0 radical (unpaired) electrons. The summed E-state index contributed by atoms with van der Waals surface area (Å²) in [6.07, 6.45) is 0. The van der Waals surface area contributed by atoms with Crippen molar-refractivity contribution in [2.24, 2.45) is 0 Å². The fourth-order valence-electron chi connectivity index (χ4n) is 1.93. The van der Waals surface area contributed by atoms with Crippen molar-refractivity contribution < 1.29 is 14.3 Å². The van der Waals surface area contributed by atoms with Crippen molar-refractivity contribution in [3.8, 4) is 0 Å². The predicted octanol–water partition coefficient (Wildman–Crippen LogP) is 3.03. The summed E-state index contributed by atoms with van der Waals surface area (Å²) in [5.41, 5.74) is 8.05. The third kappa shape index (κ3) is 3.06. The Hall–Kier alpha value is -2.56. The molecule has 2 rings (SSSR count). The molecule has 0 atom stereocenters. The number of rotatable bonds is 4. The summed E-state index contributed by atoms with van der Waals surface area (Å²) in [5, 5.41) is 11.8. The van der Waals surface area contributed by atoms with Crippen LogP contribution in [-0.2, 0) is 6.54 Å². The number of carbonyl (C=O) groups is 1. The van der Waals surface area contributed by atoms with Gasteiger partial charge in [0.1, 0.15) is 5.82 Å². The molecule has 2 aromatic rings. The lowest BCUT2D eigenvalue weighted by Crippen LogP contribution is -2.07. The van der Waals surface area contributed by atoms with Crippen molar-refractivity contribution in [3.05, 3.63) is 58.9 Å². The Labute approximate surface area is 116 Å². The van der Waals surface area contributed by atoms with E-state index in [2.05, 4.69) is 5.32 Å². The van der Waals surface area contributed by atoms with Gasteiger partial charge in [-0.15, -0.1) is 0 Å². The number of benzene rings is 2. The van der Waals surface area contributed by atoms with E-state index >= 15 is 0 Å². The third-order valence-electron chi connectivity index (χ3n) is 2.94. The predicted molar refractivity (Wildman–Crippen MR) is 76.3 cm³/mol. The van der Waals surface area contributed by atoms with Crippen molar-refractivity contribution in [3.63, 3.8) is 0 Å². The average molecular weight is 274 g/mol. The summed E-state index contributed by atoms with van der Waals surface area (Å²) >= 11 is 0. The maximum absolute atomic E-state index is 13.6. The number of nitrogen functional groups attached to an aromatic ring is 1. The van der Waals surface area contributed by atoms with E-state index in [0.29, 0.717) is 12.2 Å². The van der Waals surface area contributed by atoms with Crippen LogP contribution in [-0.4, -0.2) is 11.1 Å². The molecule has 0 aliphatic heterocycles. The second-order valence-corrected chi connectivity index (χ2v) is 4.57. The van der Waals surface area contributed by atoms with Gasteiger partial charge in [0.2, 0.25) is 0 Å². The first-order chi connectivity index (χ1) is 9.47. The highest BCUT2D eigenvalue weighted by atomic mass is 19.1. The van der Waals surface area contributed by atoms with Crippen LogP contribution in [0.5, 0.6) is 0 Å². The Morgan fingerprint density at radius 3 is 2.75 bits per heavy atom. The molecule has 0 aliphatic carbocycles. The lowest BCUT2D eigenvalue weighted by Gasteiger charge is -2.11. The van der Waals surface area contributed by atoms with Gasteiger partial charge < -0.3 is 16.2 Å². The highest BCUT2D eigenvalue weighted by Gasteiger charge is 2.13. The molecule has 20 heavy (non-hydrogen) atoms. The summed E-state index contributed by atoms with van der Waals surface area (Å²) in [6.45, 7) is 2.47. The van der Waals surface area contributed by atoms with Crippen LogP contribution in [0.4, 0.5) is 15.8 Å². The van der Waals surface area contributed by atoms with Crippen molar-refractivity contribution in [2.75, 3.05) is 11.1 Å². The first kappa shape index (κ1) is 13.9. The Bertz CT molecular complexity index is 656. The molecule has 0 aromatic heterocycles. The number of nitrogens with two attached hydrogens (primary N) is 1. The van der Waals surface area contributed by atoms with E-state index in [4.69, 9.17) is 10.8 Å². The zero-order chi connectivity index (χ0) is 14.7. The Morgan fingerprint density at radius 1 is 1.35 bits per heavy atom. The van der Waals surface area contributed by atoms with Crippen LogP contribution in [0.3, 0.4) is 0 Å². The molecule has 0 aliphatic rings. The standard InChI is InChI=1S/C15H15FN2O2/c1-9-3-2-4-10(5-9)8-18-14-7-12(16)11(15(19)20)6-13(14)17/h2-7,18H,8,17H2,1H3,(H,19,20). The first-order valence-electron chi connectivity index (χ1n) is 6.09. The van der Waals surface area contributed by atoms with Crippen LogP contribution in [0.15, 0.2) is 36.4 Å². The monoisotopic (exact) mass is 274 g/mol. The molecule has 0 bridgehead atoms. The molecule has 4 nitrogen and oxygen atoms in total. The number of aryl methyl sites for hydroxylation is 1. The van der Waals surface area contributed by atoms with Crippen LogP contribution < -0.4 is 11.1 Å². The lowest BCUT2D eigenvalue weighted by atomic mass is 10.1. The van der Waals surface area contributed by atoms with Gasteiger partial charge in [-0.25, -0.2) is 9.18 Å². The smallest absolute Gasteiger partial charge is 0.338 e. The second kappa shape index (κ2) is 5.61. The van der Waals surface area contributed by atoms with Gasteiger partial charge in [0.25, 0.3) is 0 Å². The van der Waals surface area contributed by atoms with Gasteiger partial charge in [-0.3, -0.25) is 0 Å². The summed E-state index contributed by atoms with van der Waals surface area (Å²) in [5.74, 6) is -2.14. The van der Waals surface area contributed by atoms with Crippen LogP contribution in [0.1, 0.15) is 21.5 Å². The summed E-state index contributed by atoms with van der Waals surface area (Å²) < 4.78 is 13.6. The molecule has 0 amide bonds. The fourth-order valence-corrected chi connectivity index (χ4v) is 1.93. The zero-order valence-electron chi connectivity index (χ0n) is 11.0. The molecular formula is C15H15FN2O2. The molecule has 5 heteroatoms. The third-order valence-corrected chi connectivity index (χ3v) is 2.94. The largest absolute Gasteiger partial charge is 0.478 e. The average Bonchev–Trinajstić information content (AvgIpc) is 2.39. The van der Waals surface area contributed by atoms with Gasteiger partial charge in [-0.2, -0.15) is 0 Å². The molecule has 0 unspecified atom stereocenters. The van der Waals surface area contributed by atoms with E-state index in [9.17, 15) is 9.18 Å². The fraction of sp³-hybridized carbons (Fsp3) is 0.133. The molecule has 2 aromatic carbocycles. The highest BCUT2D eigenvalue weighted by molar-refractivity contribution is 5.90. The van der Waals surface area contributed by atoms with E-state index in [-0.39, 0.29) is 5.69 Å². The maximum Gasteiger partial charge on any atom is 0.338 e. The summed E-state index contributed by atoms with van der Waals surface area (Å²) in [7, 11) is 0. The highest BCUT2D eigenvalue weighted by Crippen LogP contribution is 2.23. The van der Waals surface area contributed by atoms with Gasteiger partial charge in [-0.05, 0) is 24.6 Å². The van der Waals surface area contributed by atoms with Crippen molar-refractivity contribution in [2.45, 2.75) is 13.5 Å². The van der Waals surface area contributed by atoms with E-state index < -0.39 is 17.3 Å². The van der Waals surface area contributed by atoms with Gasteiger partial charge in [0, 0.05) is 6.54 Å². The van der Waals surface area contributed by atoms with Crippen molar-refractivity contribution >= 4 is 17.3 Å². The first-order valence-corrected chi connectivity index (χ1v) is 6.09. The van der Waals surface area contributed by atoms with E-state index in [1.807, 2.05) is 31.2 Å². The van der Waals surface area contributed by atoms with Crippen molar-refractivity contribution in [1.82, 2.24) is 0 Å². The number of anilines is 2. The number of halogens is 1. The van der Waals surface area contributed by atoms with Crippen LogP contribution >= 0.6 is 0 Å². The Morgan fingerprint density at radius 2 is 2.10 bits per heavy atom. The molecule has 0 fully saturated rings. The Kier molecular flexibility index (Phi) is 3.89. The SMILES string of the molecule is Cc1cccc(CNc2cc(F)c(C(=O)O)cc2N)c1. The summed E-state index contributed by atoms with van der Waals surface area (Å²) in [4.78, 5) is 10.8. The number of carboxylic acids is 1. The molecule has 0 spiro atoms. The normalized spacial score (nSPS) is 10.3. The van der Waals surface area contributed by atoms with Gasteiger partial charge >= 0.3 is 5.97 Å². The maximum atomic E-state index is 13.6. The molecule has 0 saturated carbocycles. The van der Waals surface area contributed by atoms with Crippen LogP contribution in [0, 0.1) is 12.7 Å². The number of carboxylic acid groups (broad SMARTS) is 1. The molecule has 0 saturated heterocycles. The van der Waals surface area contributed by atoms with Gasteiger partial charge in [0.15, 0.2) is 0 Å². The Balaban J connectivity index is 2.18. The van der Waals surface area contributed by atoms with Gasteiger partial charge in [-0.1, -0.05) is 29.8 Å². The second-order valence-electron chi connectivity index (χ2n) is 4.57. The molecule has 4 N–H and O–H groups in total. The number of hydrogen-bond donors (Lipinski definition) is 3.